The lowest BCUT2D eigenvalue weighted by atomic mass is 10.2. The van der Waals surface area contributed by atoms with Crippen LogP contribution in [-0.4, -0.2) is 22.9 Å². The van der Waals surface area contributed by atoms with Crippen LogP contribution in [0.15, 0.2) is 55.0 Å². The molecule has 6 nitrogen and oxygen atoms in total. The molecule has 0 atom stereocenters. The number of nitrogens with two attached hydrogens (primary N) is 1. The molecule has 0 fully saturated rings. The van der Waals surface area contributed by atoms with Crippen molar-refractivity contribution in [3.63, 3.8) is 0 Å². The van der Waals surface area contributed by atoms with Crippen molar-refractivity contribution < 1.29 is 9.18 Å². The first-order chi connectivity index (χ1) is 12.4. The number of hydrogen-bond acceptors (Lipinski definition) is 5. The van der Waals surface area contributed by atoms with Crippen LogP contribution in [0, 0.1) is 12.7 Å². The minimum absolute atomic E-state index is 0.228. The number of nitrogens with one attached hydrogen (secondary N) is 1. The van der Waals surface area contributed by atoms with Gasteiger partial charge in [0.15, 0.2) is 0 Å². The molecule has 3 aromatic rings. The minimum atomic E-state index is -0.620. The molecule has 2 heterocycles. The van der Waals surface area contributed by atoms with Crippen LogP contribution in [-0.2, 0) is 0 Å². The number of anilines is 4. The number of rotatable bonds is 5. The highest BCUT2D eigenvalue weighted by Crippen LogP contribution is 2.29. The number of nitrogens with zero attached hydrogens (tertiary/aromatic N) is 3. The van der Waals surface area contributed by atoms with E-state index in [0.29, 0.717) is 17.2 Å². The van der Waals surface area contributed by atoms with E-state index in [1.165, 1.54) is 18.5 Å². The molecule has 1 amide bonds. The molecule has 0 aliphatic heterocycles. The molecular weight excluding hydrogens is 333 g/mol. The maximum Gasteiger partial charge on any atom is 0.252 e. The van der Waals surface area contributed by atoms with Crippen molar-refractivity contribution in [1.82, 2.24) is 9.97 Å². The number of halogens is 1. The Morgan fingerprint density at radius 3 is 2.54 bits per heavy atom. The first-order valence-electron chi connectivity index (χ1n) is 7.92. The highest BCUT2D eigenvalue weighted by Gasteiger charge is 2.16. The van der Waals surface area contributed by atoms with Gasteiger partial charge in [-0.25, -0.2) is 9.37 Å². The summed E-state index contributed by atoms with van der Waals surface area (Å²) in [5.41, 5.74) is 8.68. The standard InChI is InChI=1S/C19H18FN5O/c1-12-3-5-14(6-4-12)24-18-8-17(16(11-23-18)19(21)26)25(2)15-7-13(20)9-22-10-15/h3-11H,1-2H3,(H2,21,26)(H,23,24). The summed E-state index contributed by atoms with van der Waals surface area (Å²) < 4.78 is 13.5. The number of primary amides is 1. The normalized spacial score (nSPS) is 10.4. The number of benzene rings is 1. The van der Waals surface area contributed by atoms with E-state index in [2.05, 4.69) is 15.3 Å². The van der Waals surface area contributed by atoms with E-state index in [9.17, 15) is 9.18 Å². The molecule has 132 valence electrons. The predicted molar refractivity (Wildman–Crippen MR) is 99.5 cm³/mol. The third-order valence-electron chi connectivity index (χ3n) is 3.91. The SMILES string of the molecule is Cc1ccc(Nc2cc(N(C)c3cncc(F)c3)c(C(N)=O)cn2)cc1. The zero-order valence-electron chi connectivity index (χ0n) is 14.4. The van der Waals surface area contributed by atoms with E-state index >= 15 is 0 Å². The molecule has 0 aliphatic rings. The molecule has 2 aromatic heterocycles. The number of carbonyl (C=O) groups is 1. The molecule has 7 heteroatoms. The second-order valence-electron chi connectivity index (χ2n) is 5.86. The van der Waals surface area contributed by atoms with Gasteiger partial charge in [0.05, 0.1) is 29.3 Å². The van der Waals surface area contributed by atoms with Gasteiger partial charge in [-0.05, 0) is 19.1 Å². The minimum Gasteiger partial charge on any atom is -0.365 e. The van der Waals surface area contributed by atoms with E-state index in [4.69, 9.17) is 5.73 Å². The Kier molecular flexibility index (Phi) is 4.79. The third kappa shape index (κ3) is 3.77. The largest absolute Gasteiger partial charge is 0.365 e. The van der Waals surface area contributed by atoms with Crippen LogP contribution in [0.1, 0.15) is 15.9 Å². The number of amides is 1. The Balaban J connectivity index is 1.98. The van der Waals surface area contributed by atoms with Gasteiger partial charge in [-0.2, -0.15) is 0 Å². The summed E-state index contributed by atoms with van der Waals surface area (Å²) in [6, 6.07) is 10.8. The molecule has 0 aliphatic carbocycles. The van der Waals surface area contributed by atoms with E-state index in [-0.39, 0.29) is 5.56 Å². The summed E-state index contributed by atoms with van der Waals surface area (Å²) in [6.07, 6.45) is 4.02. The van der Waals surface area contributed by atoms with Gasteiger partial charge in [-0.3, -0.25) is 9.78 Å². The van der Waals surface area contributed by atoms with Crippen LogP contribution < -0.4 is 16.0 Å². The van der Waals surface area contributed by atoms with E-state index in [1.807, 2.05) is 31.2 Å². The Bertz CT molecular complexity index is 943. The zero-order chi connectivity index (χ0) is 18.7. The quantitative estimate of drug-likeness (QED) is 0.734. The topological polar surface area (TPSA) is 84.1 Å². The first kappa shape index (κ1) is 17.3. The van der Waals surface area contributed by atoms with Crippen molar-refractivity contribution >= 4 is 28.8 Å². The number of hydrogen-bond donors (Lipinski definition) is 2. The van der Waals surface area contributed by atoms with Crippen LogP contribution in [0.4, 0.5) is 27.3 Å². The lowest BCUT2D eigenvalue weighted by Crippen LogP contribution is -2.19. The Morgan fingerprint density at radius 2 is 1.88 bits per heavy atom. The molecule has 0 bridgehead atoms. The van der Waals surface area contributed by atoms with Crippen molar-refractivity contribution in [3.05, 3.63) is 71.9 Å². The lowest BCUT2D eigenvalue weighted by Gasteiger charge is -2.22. The van der Waals surface area contributed by atoms with Crippen molar-refractivity contribution in [2.24, 2.45) is 5.73 Å². The van der Waals surface area contributed by atoms with Crippen molar-refractivity contribution in [3.8, 4) is 0 Å². The van der Waals surface area contributed by atoms with Crippen molar-refractivity contribution in [2.45, 2.75) is 6.92 Å². The van der Waals surface area contributed by atoms with Crippen LogP contribution in [0.3, 0.4) is 0 Å². The predicted octanol–water partition coefficient (Wildman–Crippen LogP) is 3.53. The summed E-state index contributed by atoms with van der Waals surface area (Å²) >= 11 is 0. The summed E-state index contributed by atoms with van der Waals surface area (Å²) in [4.78, 5) is 21.5. The van der Waals surface area contributed by atoms with Crippen LogP contribution >= 0.6 is 0 Å². The second kappa shape index (κ2) is 7.18. The van der Waals surface area contributed by atoms with E-state index in [1.54, 1.807) is 18.0 Å². The molecule has 0 spiro atoms. The Morgan fingerprint density at radius 1 is 1.15 bits per heavy atom. The van der Waals surface area contributed by atoms with Crippen LogP contribution in [0.25, 0.3) is 0 Å². The summed E-state index contributed by atoms with van der Waals surface area (Å²) in [5.74, 6) is -0.558. The average Bonchev–Trinajstić information content (AvgIpc) is 2.63. The van der Waals surface area contributed by atoms with Crippen LogP contribution in [0.5, 0.6) is 0 Å². The lowest BCUT2D eigenvalue weighted by molar-refractivity contribution is 0.100. The highest BCUT2D eigenvalue weighted by atomic mass is 19.1. The van der Waals surface area contributed by atoms with Crippen molar-refractivity contribution in [2.75, 3.05) is 17.3 Å². The Hall–Kier alpha value is -3.48. The second-order valence-corrected chi connectivity index (χ2v) is 5.86. The molecule has 0 radical (unpaired) electrons. The Labute approximate surface area is 150 Å². The first-order valence-corrected chi connectivity index (χ1v) is 7.92. The van der Waals surface area contributed by atoms with Gasteiger partial charge in [0.2, 0.25) is 0 Å². The fraction of sp³-hybridized carbons (Fsp3) is 0.105. The average molecular weight is 351 g/mol. The molecular formula is C19H18FN5O. The van der Waals surface area contributed by atoms with Crippen LogP contribution in [0.2, 0.25) is 0 Å². The maximum atomic E-state index is 13.5. The van der Waals surface area contributed by atoms with Gasteiger partial charge >= 0.3 is 0 Å². The summed E-state index contributed by atoms with van der Waals surface area (Å²) in [6.45, 7) is 2.00. The zero-order valence-corrected chi connectivity index (χ0v) is 14.4. The van der Waals surface area contributed by atoms with Crippen molar-refractivity contribution in [1.29, 1.82) is 0 Å². The molecule has 26 heavy (non-hydrogen) atoms. The van der Waals surface area contributed by atoms with Gasteiger partial charge in [0.25, 0.3) is 5.91 Å². The summed E-state index contributed by atoms with van der Waals surface area (Å²) in [5, 5.41) is 3.18. The number of pyridine rings is 2. The van der Waals surface area contributed by atoms with Gasteiger partial charge in [0.1, 0.15) is 11.6 Å². The number of aromatic nitrogens is 2. The van der Waals surface area contributed by atoms with Gasteiger partial charge in [-0.15, -0.1) is 0 Å². The number of carbonyl (C=O) groups excluding carboxylic acids is 1. The van der Waals surface area contributed by atoms with Gasteiger partial charge in [0, 0.05) is 31.1 Å². The van der Waals surface area contributed by atoms with Gasteiger partial charge < -0.3 is 16.0 Å². The number of aryl methyl sites for hydroxylation is 1. The fourth-order valence-corrected chi connectivity index (χ4v) is 2.49. The smallest absolute Gasteiger partial charge is 0.252 e. The maximum absolute atomic E-state index is 13.5. The molecule has 0 saturated heterocycles. The highest BCUT2D eigenvalue weighted by molar-refractivity contribution is 5.99. The molecule has 3 rings (SSSR count). The molecule has 3 N–H and O–H groups in total. The molecule has 0 unspecified atom stereocenters. The van der Waals surface area contributed by atoms with E-state index in [0.717, 1.165) is 17.4 Å². The van der Waals surface area contributed by atoms with Gasteiger partial charge in [-0.1, -0.05) is 17.7 Å². The monoisotopic (exact) mass is 351 g/mol. The molecule has 0 saturated carbocycles. The third-order valence-corrected chi connectivity index (χ3v) is 3.91. The fourth-order valence-electron chi connectivity index (χ4n) is 2.49. The summed E-state index contributed by atoms with van der Waals surface area (Å²) in [7, 11) is 1.70. The van der Waals surface area contributed by atoms with E-state index < -0.39 is 11.7 Å². The molecule has 1 aromatic carbocycles.